The number of rotatable bonds is 17. The zero-order valence-electron chi connectivity index (χ0n) is 32.9. The maximum Gasteiger partial charge on any atom is 0.186 e. The summed E-state index contributed by atoms with van der Waals surface area (Å²) >= 11 is 0. The average molecular weight is 730 g/mol. The van der Waals surface area contributed by atoms with Gasteiger partial charge in [-0.05, 0) is 111 Å². The first-order valence-corrected chi connectivity index (χ1v) is 21.1. The normalized spacial score (nSPS) is 39.5. The van der Waals surface area contributed by atoms with Gasteiger partial charge in [0.25, 0.3) is 0 Å². The molecule has 5 aliphatic rings. The summed E-state index contributed by atoms with van der Waals surface area (Å²) in [5.74, 6) is 5.18. The van der Waals surface area contributed by atoms with Crippen LogP contribution in [0.15, 0.2) is 17.8 Å². The van der Waals surface area contributed by atoms with Crippen molar-refractivity contribution in [1.29, 1.82) is 0 Å². The summed E-state index contributed by atoms with van der Waals surface area (Å²) in [7, 11) is 0. The van der Waals surface area contributed by atoms with Crippen LogP contribution >= 0.6 is 0 Å². The standard InChI is InChI=1S/C42H71N3O7/c1-27(2)11-10-12-28(3)33-15-16-34-32-14-13-29-23-31(17-19-41(29,4)35(32)18-20-42(33,34)5)51-26-30-24-45(44-43-30)21-8-6-7-9-22-50-40-39(49)38(48)37(47)36(25-46)52-40/h13,24,27-28,31-40,46-49H,6-12,14-23,25-26H2,1-5H3/t28-,31+,32+,33-,34+,35+,36-,37-,38+,39-,40-,41+,42-/m1/s1. The molecule has 2 heterocycles. The van der Waals surface area contributed by atoms with E-state index in [-0.39, 0.29) is 6.10 Å². The molecule has 13 atom stereocenters. The monoisotopic (exact) mass is 730 g/mol. The van der Waals surface area contributed by atoms with Crippen LogP contribution in [0.25, 0.3) is 0 Å². The van der Waals surface area contributed by atoms with Gasteiger partial charge in [0.15, 0.2) is 6.29 Å². The number of aromatic nitrogens is 3. The lowest BCUT2D eigenvalue weighted by Crippen LogP contribution is -2.59. The molecule has 0 bridgehead atoms. The van der Waals surface area contributed by atoms with Crippen LogP contribution in [0, 0.1) is 46.3 Å². The van der Waals surface area contributed by atoms with Gasteiger partial charge in [-0.1, -0.05) is 83.6 Å². The Bertz CT molecular complexity index is 1300. The quantitative estimate of drug-likeness (QED) is 0.103. The van der Waals surface area contributed by atoms with E-state index < -0.39 is 37.3 Å². The lowest BCUT2D eigenvalue weighted by molar-refractivity contribution is -0.301. The topological polar surface area (TPSA) is 139 Å². The number of nitrogens with zero attached hydrogens (tertiary/aromatic N) is 3. The molecule has 1 saturated heterocycles. The van der Waals surface area contributed by atoms with Gasteiger partial charge in [0.1, 0.15) is 30.1 Å². The lowest BCUT2D eigenvalue weighted by Gasteiger charge is -2.58. The molecule has 296 valence electrons. The summed E-state index contributed by atoms with van der Waals surface area (Å²) in [4.78, 5) is 0. The summed E-state index contributed by atoms with van der Waals surface area (Å²) in [5.41, 5.74) is 3.43. The van der Waals surface area contributed by atoms with E-state index in [0.717, 1.165) is 86.3 Å². The number of hydrogen-bond acceptors (Lipinski definition) is 9. The molecule has 1 aromatic heterocycles. The smallest absolute Gasteiger partial charge is 0.186 e. The van der Waals surface area contributed by atoms with Crippen molar-refractivity contribution in [2.75, 3.05) is 13.2 Å². The molecule has 0 amide bonds. The zero-order chi connectivity index (χ0) is 37.0. The molecule has 0 aromatic carbocycles. The molecule has 0 radical (unpaired) electrons. The van der Waals surface area contributed by atoms with Gasteiger partial charge < -0.3 is 34.6 Å². The van der Waals surface area contributed by atoms with Crippen molar-refractivity contribution in [2.24, 2.45) is 46.3 Å². The summed E-state index contributed by atoms with van der Waals surface area (Å²) in [6.45, 7) is 13.8. The van der Waals surface area contributed by atoms with Gasteiger partial charge in [0, 0.05) is 13.2 Å². The average Bonchev–Trinajstić information content (AvgIpc) is 3.73. The minimum Gasteiger partial charge on any atom is -0.394 e. The first-order valence-electron chi connectivity index (χ1n) is 21.1. The number of hydrogen-bond donors (Lipinski definition) is 4. The predicted molar refractivity (Wildman–Crippen MR) is 200 cm³/mol. The third-order valence-corrected chi connectivity index (χ3v) is 14.7. The second kappa shape index (κ2) is 17.6. The number of aliphatic hydroxyl groups excluding tert-OH is 4. The highest BCUT2D eigenvalue weighted by Crippen LogP contribution is 2.67. The van der Waals surface area contributed by atoms with E-state index >= 15 is 0 Å². The Morgan fingerprint density at radius 2 is 1.71 bits per heavy atom. The van der Waals surface area contributed by atoms with Crippen LogP contribution in [0.3, 0.4) is 0 Å². The lowest BCUT2D eigenvalue weighted by atomic mass is 9.47. The Morgan fingerprint density at radius 1 is 0.904 bits per heavy atom. The van der Waals surface area contributed by atoms with Crippen LogP contribution in [-0.4, -0.2) is 85.4 Å². The van der Waals surface area contributed by atoms with Gasteiger partial charge in [0.05, 0.1) is 25.5 Å². The summed E-state index contributed by atoms with van der Waals surface area (Å²) in [5, 5.41) is 48.0. The minimum atomic E-state index is -1.42. The molecule has 0 spiro atoms. The molecule has 0 unspecified atom stereocenters. The van der Waals surface area contributed by atoms with Gasteiger partial charge in [-0.2, -0.15) is 0 Å². The van der Waals surface area contributed by atoms with E-state index in [1.54, 1.807) is 5.57 Å². The summed E-state index contributed by atoms with van der Waals surface area (Å²) in [6, 6.07) is 0. The molecule has 52 heavy (non-hydrogen) atoms. The second-order valence-electron chi connectivity index (χ2n) is 18.4. The highest BCUT2D eigenvalue weighted by atomic mass is 16.7. The number of aryl methyl sites for hydroxylation is 1. The Balaban J connectivity index is 0.899. The number of aliphatic hydroxyl groups is 4. The fourth-order valence-electron chi connectivity index (χ4n) is 11.6. The van der Waals surface area contributed by atoms with Crippen LogP contribution < -0.4 is 0 Å². The maximum atomic E-state index is 10.1. The van der Waals surface area contributed by atoms with Gasteiger partial charge in [-0.3, -0.25) is 4.68 Å². The highest BCUT2D eigenvalue weighted by Gasteiger charge is 2.59. The third kappa shape index (κ3) is 8.69. The maximum absolute atomic E-state index is 10.1. The SMILES string of the molecule is CC(C)CCC[C@@H](C)[C@H]1CC[C@H]2[C@@H]3CC=C4C[C@@H](OCc5cn(CCCCCCO[C@@H]6O[C@H](CO)[C@@H](O)[C@H](O)[C@H]6O)nn5)CC[C@]4(C)[C@H]3CC[C@]12C. The zero-order valence-corrected chi connectivity index (χ0v) is 32.9. The van der Waals surface area contributed by atoms with Gasteiger partial charge >= 0.3 is 0 Å². The molecular formula is C42H71N3O7. The molecule has 4 N–H and O–H groups in total. The fraction of sp³-hybridized carbons (Fsp3) is 0.905. The number of ether oxygens (including phenoxy) is 3. The van der Waals surface area contributed by atoms with Crippen LogP contribution in [0.4, 0.5) is 0 Å². The Labute approximate surface area is 313 Å². The van der Waals surface area contributed by atoms with E-state index in [9.17, 15) is 20.4 Å². The first-order chi connectivity index (χ1) is 24.9. The molecule has 6 rings (SSSR count). The molecular weight excluding hydrogens is 658 g/mol. The molecule has 3 saturated carbocycles. The van der Waals surface area contributed by atoms with Gasteiger partial charge in [-0.25, -0.2) is 0 Å². The summed E-state index contributed by atoms with van der Waals surface area (Å²) < 4.78 is 19.4. The van der Waals surface area contributed by atoms with Crippen molar-refractivity contribution in [1.82, 2.24) is 15.0 Å². The van der Waals surface area contributed by atoms with E-state index in [1.807, 2.05) is 10.9 Å². The number of unbranched alkanes of at least 4 members (excludes halogenated alkanes) is 3. The number of fused-ring (bicyclic) bond motifs is 5. The Kier molecular flexibility index (Phi) is 13.6. The van der Waals surface area contributed by atoms with Crippen LogP contribution in [0.2, 0.25) is 0 Å². The number of allylic oxidation sites excluding steroid dienone is 1. The van der Waals surface area contributed by atoms with Crippen molar-refractivity contribution in [3.8, 4) is 0 Å². The summed E-state index contributed by atoms with van der Waals surface area (Å²) in [6.07, 6.45) is 17.0. The van der Waals surface area contributed by atoms with E-state index in [4.69, 9.17) is 14.2 Å². The van der Waals surface area contributed by atoms with Crippen LogP contribution in [0.5, 0.6) is 0 Å². The van der Waals surface area contributed by atoms with E-state index in [2.05, 4.69) is 51.0 Å². The second-order valence-corrected chi connectivity index (χ2v) is 18.4. The first kappa shape index (κ1) is 40.3. The molecule has 1 aliphatic heterocycles. The van der Waals surface area contributed by atoms with Crippen LogP contribution in [0.1, 0.15) is 137 Å². The highest BCUT2D eigenvalue weighted by molar-refractivity contribution is 5.25. The Morgan fingerprint density at radius 3 is 2.50 bits per heavy atom. The van der Waals surface area contributed by atoms with Crippen molar-refractivity contribution < 1.29 is 34.6 Å². The largest absolute Gasteiger partial charge is 0.394 e. The molecule has 4 aliphatic carbocycles. The molecule has 10 nitrogen and oxygen atoms in total. The van der Waals surface area contributed by atoms with Crippen molar-refractivity contribution >= 4 is 0 Å². The predicted octanol–water partition coefficient (Wildman–Crippen LogP) is 6.58. The van der Waals surface area contributed by atoms with Crippen molar-refractivity contribution in [2.45, 2.75) is 181 Å². The third-order valence-electron chi connectivity index (χ3n) is 14.7. The molecule has 10 heteroatoms. The van der Waals surface area contributed by atoms with Gasteiger partial charge in [0.2, 0.25) is 0 Å². The molecule has 1 aromatic rings. The van der Waals surface area contributed by atoms with Crippen molar-refractivity contribution in [3.63, 3.8) is 0 Å². The van der Waals surface area contributed by atoms with Gasteiger partial charge in [-0.15, -0.1) is 5.10 Å². The van der Waals surface area contributed by atoms with E-state index in [0.29, 0.717) is 24.0 Å². The van der Waals surface area contributed by atoms with Crippen molar-refractivity contribution in [3.05, 3.63) is 23.5 Å². The Hall–Kier alpha value is -1.40. The van der Waals surface area contributed by atoms with Crippen LogP contribution in [-0.2, 0) is 27.4 Å². The minimum absolute atomic E-state index is 0.252. The fourth-order valence-corrected chi connectivity index (χ4v) is 11.6. The molecule has 4 fully saturated rings. The van der Waals surface area contributed by atoms with E-state index in [1.165, 1.54) is 57.8 Å².